The van der Waals surface area contributed by atoms with E-state index in [1.807, 2.05) is 43.3 Å². The Bertz CT molecular complexity index is 538. The minimum absolute atomic E-state index is 0.0843. The van der Waals surface area contributed by atoms with E-state index < -0.39 is 6.09 Å². The maximum atomic E-state index is 11.1. The van der Waals surface area contributed by atoms with Gasteiger partial charge in [-0.05, 0) is 35.7 Å². The summed E-state index contributed by atoms with van der Waals surface area (Å²) in [6.07, 6.45) is 3.11. The van der Waals surface area contributed by atoms with Crippen molar-refractivity contribution < 1.29 is 9.53 Å². The molecule has 1 unspecified atom stereocenters. The Morgan fingerprint density at radius 1 is 1.11 bits per heavy atom. The molecule has 2 rings (SSSR count). The lowest BCUT2D eigenvalue weighted by Gasteiger charge is -2.13. The maximum Gasteiger partial charge on any atom is 0.407 e. The van der Waals surface area contributed by atoms with Crippen molar-refractivity contribution in [3.8, 4) is 11.1 Å². The Balaban J connectivity index is 2.12. The minimum Gasteiger partial charge on any atom is -0.453 e. The van der Waals surface area contributed by atoms with Gasteiger partial charge in [0.2, 0.25) is 0 Å². The number of carbonyl (C=O) groups is 1. The van der Waals surface area contributed by atoms with E-state index >= 15 is 0 Å². The van der Waals surface area contributed by atoms with Crippen LogP contribution in [-0.2, 0) is 4.74 Å². The molecule has 1 aromatic heterocycles. The smallest absolute Gasteiger partial charge is 0.407 e. The van der Waals surface area contributed by atoms with E-state index in [1.54, 1.807) is 12.4 Å². The molecule has 2 aromatic rings. The number of carbonyl (C=O) groups excluding carboxylic acids is 1. The molecule has 1 aromatic carbocycles. The number of rotatable bonds is 3. The Hall–Kier alpha value is -2.36. The molecule has 1 N–H and O–H groups in total. The average molecular weight is 256 g/mol. The molecule has 0 bridgehead atoms. The summed E-state index contributed by atoms with van der Waals surface area (Å²) in [6.45, 7) is 1.92. The van der Waals surface area contributed by atoms with Crippen LogP contribution in [0.5, 0.6) is 0 Å². The first-order valence-corrected chi connectivity index (χ1v) is 6.05. The van der Waals surface area contributed by atoms with E-state index in [2.05, 4.69) is 15.0 Å². The molecule has 0 fully saturated rings. The first-order chi connectivity index (χ1) is 9.20. The second-order valence-corrected chi connectivity index (χ2v) is 4.22. The fourth-order valence-electron chi connectivity index (χ4n) is 1.83. The van der Waals surface area contributed by atoms with Gasteiger partial charge in [0.25, 0.3) is 0 Å². The molecule has 4 heteroatoms. The van der Waals surface area contributed by atoms with Gasteiger partial charge in [0, 0.05) is 12.4 Å². The minimum atomic E-state index is -0.425. The number of hydrogen-bond acceptors (Lipinski definition) is 3. The van der Waals surface area contributed by atoms with Crippen molar-refractivity contribution >= 4 is 6.09 Å². The van der Waals surface area contributed by atoms with Crippen LogP contribution in [0.25, 0.3) is 11.1 Å². The molecule has 0 aliphatic carbocycles. The zero-order chi connectivity index (χ0) is 13.7. The molecule has 1 amide bonds. The van der Waals surface area contributed by atoms with Gasteiger partial charge in [-0.2, -0.15) is 0 Å². The van der Waals surface area contributed by atoms with Gasteiger partial charge >= 0.3 is 6.09 Å². The summed E-state index contributed by atoms with van der Waals surface area (Å²) in [7, 11) is 1.36. The van der Waals surface area contributed by atoms with E-state index in [1.165, 1.54) is 7.11 Å². The predicted molar refractivity (Wildman–Crippen MR) is 73.6 cm³/mol. The molecule has 0 saturated heterocycles. The van der Waals surface area contributed by atoms with E-state index in [0.717, 1.165) is 16.7 Å². The van der Waals surface area contributed by atoms with Crippen LogP contribution in [0.1, 0.15) is 18.5 Å². The summed E-state index contributed by atoms with van der Waals surface area (Å²) in [5.41, 5.74) is 3.27. The highest BCUT2D eigenvalue weighted by Gasteiger charge is 2.09. The van der Waals surface area contributed by atoms with Crippen LogP contribution in [0, 0.1) is 0 Å². The molecule has 1 atom stereocenters. The van der Waals surface area contributed by atoms with Gasteiger partial charge in [0.15, 0.2) is 0 Å². The lowest BCUT2D eigenvalue weighted by Crippen LogP contribution is -2.26. The van der Waals surface area contributed by atoms with Gasteiger partial charge in [0.1, 0.15) is 0 Å². The summed E-state index contributed by atoms with van der Waals surface area (Å²) in [5, 5.41) is 2.73. The Kier molecular flexibility index (Phi) is 4.13. The van der Waals surface area contributed by atoms with Gasteiger partial charge < -0.3 is 10.1 Å². The van der Waals surface area contributed by atoms with Crippen molar-refractivity contribution in [3.63, 3.8) is 0 Å². The number of methoxy groups -OCH3 is 1. The molecule has 4 nitrogen and oxygen atoms in total. The Labute approximate surface area is 112 Å². The third kappa shape index (κ3) is 3.31. The zero-order valence-corrected chi connectivity index (χ0v) is 11.0. The highest BCUT2D eigenvalue weighted by molar-refractivity contribution is 5.68. The SMILES string of the molecule is COC(=O)NC(C)c1ccc(-c2ccncc2)cc1. The van der Waals surface area contributed by atoms with Crippen molar-refractivity contribution in [2.45, 2.75) is 13.0 Å². The van der Waals surface area contributed by atoms with Crippen LogP contribution in [-0.4, -0.2) is 18.2 Å². The highest BCUT2D eigenvalue weighted by Crippen LogP contribution is 2.21. The highest BCUT2D eigenvalue weighted by atomic mass is 16.5. The zero-order valence-electron chi connectivity index (χ0n) is 11.0. The van der Waals surface area contributed by atoms with Crippen molar-refractivity contribution in [3.05, 3.63) is 54.4 Å². The van der Waals surface area contributed by atoms with Gasteiger partial charge in [-0.25, -0.2) is 4.79 Å². The van der Waals surface area contributed by atoms with Crippen LogP contribution in [0.3, 0.4) is 0 Å². The third-order valence-corrected chi connectivity index (χ3v) is 2.94. The number of ether oxygens (including phenoxy) is 1. The lowest BCUT2D eigenvalue weighted by atomic mass is 10.0. The molecule has 0 radical (unpaired) electrons. The summed E-state index contributed by atoms with van der Waals surface area (Å²) in [5.74, 6) is 0. The second kappa shape index (κ2) is 6.00. The topological polar surface area (TPSA) is 51.2 Å². The lowest BCUT2D eigenvalue weighted by molar-refractivity contribution is 0.167. The predicted octanol–water partition coefficient (Wildman–Crippen LogP) is 3.17. The molecular formula is C15H16N2O2. The standard InChI is InChI=1S/C15H16N2O2/c1-11(17-15(18)19-2)12-3-5-13(6-4-12)14-7-9-16-10-8-14/h3-11H,1-2H3,(H,17,18). The first kappa shape index (κ1) is 13.1. The number of nitrogens with one attached hydrogen (secondary N) is 1. The molecule has 0 aliphatic heterocycles. The number of aromatic nitrogens is 1. The molecule has 0 spiro atoms. The monoisotopic (exact) mass is 256 g/mol. The van der Waals surface area contributed by atoms with Crippen LogP contribution in [0.4, 0.5) is 4.79 Å². The fourth-order valence-corrected chi connectivity index (χ4v) is 1.83. The number of benzene rings is 1. The van der Waals surface area contributed by atoms with Crippen molar-refractivity contribution in [2.75, 3.05) is 7.11 Å². The summed E-state index contributed by atoms with van der Waals surface area (Å²) in [4.78, 5) is 15.1. The molecule has 19 heavy (non-hydrogen) atoms. The van der Waals surface area contributed by atoms with Crippen molar-refractivity contribution in [1.29, 1.82) is 0 Å². The molecule has 98 valence electrons. The first-order valence-electron chi connectivity index (χ1n) is 6.05. The van der Waals surface area contributed by atoms with E-state index in [-0.39, 0.29) is 6.04 Å². The Morgan fingerprint density at radius 3 is 2.26 bits per heavy atom. The van der Waals surface area contributed by atoms with Gasteiger partial charge in [-0.15, -0.1) is 0 Å². The number of alkyl carbamates (subject to hydrolysis) is 1. The number of amides is 1. The summed E-state index contributed by atoms with van der Waals surface area (Å²) in [6, 6.07) is 11.9. The van der Waals surface area contributed by atoms with Crippen molar-refractivity contribution in [1.82, 2.24) is 10.3 Å². The molecular weight excluding hydrogens is 240 g/mol. The van der Waals surface area contributed by atoms with Crippen molar-refractivity contribution in [2.24, 2.45) is 0 Å². The van der Waals surface area contributed by atoms with Gasteiger partial charge in [0.05, 0.1) is 13.2 Å². The van der Waals surface area contributed by atoms with Crippen LogP contribution in [0.15, 0.2) is 48.8 Å². The van der Waals surface area contributed by atoms with Crippen LogP contribution < -0.4 is 5.32 Å². The third-order valence-electron chi connectivity index (χ3n) is 2.94. The van der Waals surface area contributed by atoms with Gasteiger partial charge in [-0.3, -0.25) is 4.98 Å². The fraction of sp³-hybridized carbons (Fsp3) is 0.200. The summed E-state index contributed by atoms with van der Waals surface area (Å²) < 4.78 is 4.58. The maximum absolute atomic E-state index is 11.1. The largest absolute Gasteiger partial charge is 0.453 e. The van der Waals surface area contributed by atoms with Crippen LogP contribution in [0.2, 0.25) is 0 Å². The quantitative estimate of drug-likeness (QED) is 0.917. The molecule has 1 heterocycles. The normalized spacial score (nSPS) is 11.7. The Morgan fingerprint density at radius 2 is 1.68 bits per heavy atom. The molecule has 0 aliphatic rings. The summed E-state index contributed by atoms with van der Waals surface area (Å²) >= 11 is 0. The van der Waals surface area contributed by atoms with Crippen LogP contribution >= 0.6 is 0 Å². The van der Waals surface area contributed by atoms with E-state index in [9.17, 15) is 4.79 Å². The molecule has 0 saturated carbocycles. The number of hydrogen-bond donors (Lipinski definition) is 1. The van der Waals surface area contributed by atoms with E-state index in [0.29, 0.717) is 0 Å². The van der Waals surface area contributed by atoms with E-state index in [4.69, 9.17) is 0 Å². The second-order valence-electron chi connectivity index (χ2n) is 4.22. The average Bonchev–Trinajstić information content (AvgIpc) is 2.48. The number of nitrogens with zero attached hydrogens (tertiary/aromatic N) is 1. The van der Waals surface area contributed by atoms with Gasteiger partial charge in [-0.1, -0.05) is 24.3 Å². The number of pyridine rings is 1.